The first-order chi connectivity index (χ1) is 14.0. The van der Waals surface area contributed by atoms with Gasteiger partial charge in [0.1, 0.15) is 0 Å². The van der Waals surface area contributed by atoms with Crippen molar-refractivity contribution >= 4 is 15.7 Å². The largest absolute Gasteiger partial charge is 0.501 e. The molecule has 0 saturated carbocycles. The van der Waals surface area contributed by atoms with Crippen molar-refractivity contribution in [1.82, 2.24) is 4.98 Å². The normalized spacial score (nSPS) is 12.0. The minimum atomic E-state index is -5.41. The maximum atomic E-state index is 12.8. The number of hydrogen-bond donors (Lipinski definition) is 1. The summed E-state index contributed by atoms with van der Waals surface area (Å²) in [5, 5.41) is 0. The molecule has 0 radical (unpaired) electrons. The minimum Gasteiger partial charge on any atom is -0.366 e. The third-order valence-corrected chi connectivity index (χ3v) is 6.02. The van der Waals surface area contributed by atoms with Crippen LogP contribution in [0.25, 0.3) is 11.3 Å². The molecule has 0 saturated heterocycles. The summed E-state index contributed by atoms with van der Waals surface area (Å²) in [6, 6.07) is 13.3. The maximum absolute atomic E-state index is 12.8. The highest BCUT2D eigenvalue weighted by Gasteiger charge is 2.46. The average molecular weight is 434 g/mol. The second-order valence-electron chi connectivity index (χ2n) is 6.72. The highest BCUT2D eigenvalue weighted by atomic mass is 32.2. The van der Waals surface area contributed by atoms with Crippen molar-refractivity contribution in [3.63, 3.8) is 0 Å². The van der Waals surface area contributed by atoms with Crippen LogP contribution >= 0.6 is 0 Å². The third-order valence-electron chi connectivity index (χ3n) is 4.53. The number of nitrogens with zero attached hydrogens (tertiary/aromatic N) is 1. The van der Waals surface area contributed by atoms with Crippen LogP contribution in [-0.2, 0) is 16.3 Å². The lowest BCUT2D eigenvalue weighted by Gasteiger charge is -2.10. The SMILES string of the molecule is Cc1cc(-c2cc(Cc3cccc(S(=O)(=O)C(F)(F)F)c3)ccn2)ccc1C(N)=O. The quantitative estimate of drug-likeness (QED) is 0.656. The van der Waals surface area contributed by atoms with Gasteiger partial charge >= 0.3 is 5.51 Å². The highest BCUT2D eigenvalue weighted by molar-refractivity contribution is 7.92. The maximum Gasteiger partial charge on any atom is 0.501 e. The molecule has 1 aromatic heterocycles. The number of aromatic nitrogens is 1. The second kappa shape index (κ2) is 7.91. The molecule has 5 nitrogen and oxygen atoms in total. The van der Waals surface area contributed by atoms with Gasteiger partial charge in [0.05, 0.1) is 10.6 Å². The van der Waals surface area contributed by atoms with Crippen molar-refractivity contribution in [1.29, 1.82) is 0 Å². The molecule has 2 N–H and O–H groups in total. The van der Waals surface area contributed by atoms with Crippen LogP contribution in [-0.4, -0.2) is 24.8 Å². The summed E-state index contributed by atoms with van der Waals surface area (Å²) in [6.07, 6.45) is 1.77. The number of nitrogens with two attached hydrogens (primary N) is 1. The van der Waals surface area contributed by atoms with E-state index in [1.165, 1.54) is 6.07 Å². The van der Waals surface area contributed by atoms with Crippen molar-refractivity contribution < 1.29 is 26.4 Å². The first-order valence-electron chi connectivity index (χ1n) is 8.75. The molecule has 9 heteroatoms. The van der Waals surface area contributed by atoms with Crippen LogP contribution < -0.4 is 5.73 Å². The first kappa shape index (κ1) is 21.5. The molecule has 0 unspecified atom stereocenters. The molecule has 0 aliphatic rings. The number of amides is 1. The second-order valence-corrected chi connectivity index (χ2v) is 8.66. The summed E-state index contributed by atoms with van der Waals surface area (Å²) in [5.41, 5.74) is 3.55. The number of carbonyl (C=O) groups excluding carboxylic acids is 1. The zero-order chi connectivity index (χ0) is 22.1. The number of halogens is 3. The van der Waals surface area contributed by atoms with Gasteiger partial charge < -0.3 is 5.73 Å². The van der Waals surface area contributed by atoms with Crippen LogP contribution in [0.2, 0.25) is 0 Å². The van der Waals surface area contributed by atoms with Gasteiger partial charge in [-0.25, -0.2) is 8.42 Å². The standard InChI is InChI=1S/C21H17F3N2O3S/c1-13-9-16(5-6-18(13)20(25)27)19-12-15(7-8-26-19)10-14-3-2-4-17(11-14)30(28,29)21(22,23)24/h2-9,11-12H,10H2,1H3,(H2,25,27). The highest BCUT2D eigenvalue weighted by Crippen LogP contribution is 2.31. The fourth-order valence-corrected chi connectivity index (χ4v) is 3.87. The van der Waals surface area contributed by atoms with Crippen LogP contribution in [0.3, 0.4) is 0 Å². The minimum absolute atomic E-state index is 0.217. The van der Waals surface area contributed by atoms with Gasteiger partial charge in [0.25, 0.3) is 9.84 Å². The van der Waals surface area contributed by atoms with Crippen molar-refractivity contribution in [2.24, 2.45) is 5.73 Å². The number of aryl methyl sites for hydroxylation is 1. The molecule has 0 bridgehead atoms. The van der Waals surface area contributed by atoms with Crippen LogP contribution in [0.1, 0.15) is 27.0 Å². The van der Waals surface area contributed by atoms with Crippen molar-refractivity contribution in [2.75, 3.05) is 0 Å². The molecule has 1 amide bonds. The summed E-state index contributed by atoms with van der Waals surface area (Å²) in [7, 11) is -5.41. The Kier molecular flexibility index (Phi) is 5.67. The summed E-state index contributed by atoms with van der Waals surface area (Å²) < 4.78 is 61.7. The van der Waals surface area contributed by atoms with E-state index in [-0.39, 0.29) is 6.42 Å². The Bertz CT molecular complexity index is 1220. The van der Waals surface area contributed by atoms with Crippen LogP contribution in [0.15, 0.2) is 65.7 Å². The van der Waals surface area contributed by atoms with E-state index in [1.807, 2.05) is 0 Å². The molecule has 3 rings (SSSR count). The molecule has 3 aromatic rings. The summed E-state index contributed by atoms with van der Waals surface area (Å²) in [4.78, 5) is 14.9. The fraction of sp³-hybridized carbons (Fsp3) is 0.143. The van der Waals surface area contributed by atoms with Crippen LogP contribution in [0.5, 0.6) is 0 Å². The molecule has 1 heterocycles. The molecule has 0 spiro atoms. The van der Waals surface area contributed by atoms with E-state index in [0.29, 0.717) is 22.4 Å². The predicted octanol–water partition coefficient (Wildman–Crippen LogP) is 4.04. The number of hydrogen-bond acceptors (Lipinski definition) is 4. The summed E-state index contributed by atoms with van der Waals surface area (Å²) in [6.45, 7) is 1.75. The van der Waals surface area contributed by atoms with Crippen molar-refractivity contribution in [3.8, 4) is 11.3 Å². The molecule has 0 aliphatic carbocycles. The predicted molar refractivity (Wildman–Crippen MR) is 105 cm³/mol. The van der Waals surface area contributed by atoms with E-state index in [4.69, 9.17) is 5.73 Å². The molecule has 2 aromatic carbocycles. The Morgan fingerprint density at radius 3 is 2.37 bits per heavy atom. The number of benzene rings is 2. The molecular weight excluding hydrogens is 417 g/mol. The lowest BCUT2D eigenvalue weighted by molar-refractivity contribution is -0.0436. The van der Waals surface area contributed by atoms with E-state index in [1.54, 1.807) is 49.5 Å². The van der Waals surface area contributed by atoms with E-state index in [2.05, 4.69) is 4.98 Å². The van der Waals surface area contributed by atoms with Gasteiger partial charge in [-0.15, -0.1) is 0 Å². The Morgan fingerprint density at radius 2 is 1.73 bits per heavy atom. The molecule has 156 valence electrons. The van der Waals surface area contributed by atoms with E-state index >= 15 is 0 Å². The monoisotopic (exact) mass is 434 g/mol. The zero-order valence-electron chi connectivity index (χ0n) is 15.8. The topological polar surface area (TPSA) is 90.1 Å². The molecule has 0 aliphatic heterocycles. The average Bonchev–Trinajstić information content (AvgIpc) is 2.67. The first-order valence-corrected chi connectivity index (χ1v) is 10.2. The fourth-order valence-electron chi connectivity index (χ4n) is 3.03. The lowest BCUT2D eigenvalue weighted by atomic mass is 10.00. The van der Waals surface area contributed by atoms with Gasteiger partial charge in [-0.2, -0.15) is 13.2 Å². The van der Waals surface area contributed by atoms with Gasteiger partial charge in [-0.05, 0) is 66.4 Å². The Labute approximate surface area is 171 Å². The number of sulfone groups is 1. The number of primary amides is 1. The Hall–Kier alpha value is -3.20. The Balaban J connectivity index is 1.91. The third kappa shape index (κ3) is 4.35. The van der Waals surface area contributed by atoms with Crippen LogP contribution in [0, 0.1) is 6.92 Å². The van der Waals surface area contributed by atoms with Gasteiger partial charge in [-0.1, -0.05) is 18.2 Å². The lowest BCUT2D eigenvalue weighted by Crippen LogP contribution is -2.23. The van der Waals surface area contributed by atoms with E-state index in [9.17, 15) is 26.4 Å². The molecular formula is C21H17F3N2O3S. The number of rotatable bonds is 5. The molecule has 30 heavy (non-hydrogen) atoms. The van der Waals surface area contributed by atoms with E-state index in [0.717, 1.165) is 23.3 Å². The van der Waals surface area contributed by atoms with Gasteiger partial charge in [0.15, 0.2) is 0 Å². The number of pyridine rings is 1. The number of carbonyl (C=O) groups is 1. The number of alkyl halides is 3. The van der Waals surface area contributed by atoms with Gasteiger partial charge in [0.2, 0.25) is 5.91 Å². The summed E-state index contributed by atoms with van der Waals surface area (Å²) >= 11 is 0. The zero-order valence-corrected chi connectivity index (χ0v) is 16.6. The van der Waals surface area contributed by atoms with Crippen LogP contribution in [0.4, 0.5) is 13.2 Å². The van der Waals surface area contributed by atoms with E-state index < -0.39 is 26.1 Å². The Morgan fingerprint density at radius 1 is 1.03 bits per heavy atom. The van der Waals surface area contributed by atoms with Crippen molar-refractivity contribution in [3.05, 3.63) is 83.0 Å². The molecule has 0 atom stereocenters. The summed E-state index contributed by atoms with van der Waals surface area (Å²) in [5.74, 6) is -0.533. The van der Waals surface area contributed by atoms with Crippen molar-refractivity contribution in [2.45, 2.75) is 23.7 Å². The molecule has 0 fully saturated rings. The van der Waals surface area contributed by atoms with Gasteiger partial charge in [-0.3, -0.25) is 9.78 Å². The smallest absolute Gasteiger partial charge is 0.366 e. The van der Waals surface area contributed by atoms with Gasteiger partial charge in [0, 0.05) is 17.3 Å².